The molecule has 1 amide bonds. The first-order valence-corrected chi connectivity index (χ1v) is 10.8. The highest BCUT2D eigenvalue weighted by Crippen LogP contribution is 2.27. The van der Waals surface area contributed by atoms with Crippen molar-refractivity contribution in [2.75, 3.05) is 4.72 Å². The fourth-order valence-electron chi connectivity index (χ4n) is 2.57. The van der Waals surface area contributed by atoms with Crippen LogP contribution in [-0.2, 0) is 10.0 Å². The number of terminal acetylenes is 1. The molecule has 0 saturated heterocycles. The van der Waals surface area contributed by atoms with E-state index in [1.165, 1.54) is 30.3 Å². The number of rotatable bonds is 7. The van der Waals surface area contributed by atoms with Crippen molar-refractivity contribution in [3.63, 3.8) is 0 Å². The minimum absolute atomic E-state index is 0.0375. The molecule has 0 bridgehead atoms. The smallest absolute Gasteiger partial charge is 0.263 e. The third-order valence-electron chi connectivity index (χ3n) is 4.40. The van der Waals surface area contributed by atoms with Crippen LogP contribution in [0.1, 0.15) is 37.0 Å². The molecule has 2 rings (SSSR count). The van der Waals surface area contributed by atoms with Crippen molar-refractivity contribution >= 4 is 44.8 Å². The van der Waals surface area contributed by atoms with Gasteiger partial charge in [-0.3, -0.25) is 9.52 Å². The topological polar surface area (TPSA) is 75.3 Å². The van der Waals surface area contributed by atoms with Crippen molar-refractivity contribution in [1.29, 1.82) is 0 Å². The summed E-state index contributed by atoms with van der Waals surface area (Å²) in [5, 5.41) is 3.12. The van der Waals surface area contributed by atoms with Crippen LogP contribution in [0, 0.1) is 12.3 Å². The summed E-state index contributed by atoms with van der Waals surface area (Å²) in [4.78, 5) is 12.4. The number of nitrogens with one attached hydrogen (secondary N) is 2. The second-order valence-corrected chi connectivity index (χ2v) is 8.64. The molecule has 2 aromatic rings. The van der Waals surface area contributed by atoms with Crippen LogP contribution in [0.15, 0.2) is 47.4 Å². The zero-order chi connectivity index (χ0) is 20.9. The van der Waals surface area contributed by atoms with E-state index in [4.69, 9.17) is 29.6 Å². The van der Waals surface area contributed by atoms with Crippen LogP contribution >= 0.6 is 23.2 Å². The van der Waals surface area contributed by atoms with Crippen LogP contribution in [-0.4, -0.2) is 19.9 Å². The molecule has 0 aromatic heterocycles. The Labute approximate surface area is 175 Å². The van der Waals surface area contributed by atoms with Crippen molar-refractivity contribution < 1.29 is 13.2 Å². The van der Waals surface area contributed by atoms with E-state index >= 15 is 0 Å². The molecule has 0 spiro atoms. The van der Waals surface area contributed by atoms with E-state index < -0.39 is 15.6 Å². The number of sulfonamides is 1. The highest BCUT2D eigenvalue weighted by Gasteiger charge is 2.26. The van der Waals surface area contributed by atoms with E-state index in [9.17, 15) is 13.2 Å². The van der Waals surface area contributed by atoms with Gasteiger partial charge in [0.1, 0.15) is 10.4 Å². The van der Waals surface area contributed by atoms with E-state index in [0.717, 1.165) is 0 Å². The first kappa shape index (κ1) is 22.1. The molecule has 2 N–H and O–H groups in total. The van der Waals surface area contributed by atoms with Crippen molar-refractivity contribution in [3.8, 4) is 12.3 Å². The van der Waals surface area contributed by atoms with Gasteiger partial charge in [-0.2, -0.15) is 0 Å². The Morgan fingerprint density at radius 2 is 1.82 bits per heavy atom. The zero-order valence-corrected chi connectivity index (χ0v) is 17.8. The van der Waals surface area contributed by atoms with Gasteiger partial charge in [0.2, 0.25) is 0 Å². The van der Waals surface area contributed by atoms with Crippen LogP contribution in [0.5, 0.6) is 0 Å². The van der Waals surface area contributed by atoms with Crippen molar-refractivity contribution in [1.82, 2.24) is 5.32 Å². The quantitative estimate of drug-likeness (QED) is 0.614. The van der Waals surface area contributed by atoms with Gasteiger partial charge in [-0.25, -0.2) is 8.42 Å². The third-order valence-corrected chi connectivity index (χ3v) is 6.49. The average molecular weight is 439 g/mol. The lowest BCUT2D eigenvalue weighted by atomic mass is 9.93. The van der Waals surface area contributed by atoms with Crippen molar-refractivity contribution in [2.45, 2.75) is 37.1 Å². The fraction of sp³-hybridized carbons (Fsp3) is 0.250. The lowest BCUT2D eigenvalue weighted by Crippen LogP contribution is -2.46. The molecule has 0 radical (unpaired) electrons. The summed E-state index contributed by atoms with van der Waals surface area (Å²) in [5.41, 5.74) is -0.261. The summed E-state index contributed by atoms with van der Waals surface area (Å²) in [6.45, 7) is 3.78. The Bertz CT molecular complexity index is 1030. The van der Waals surface area contributed by atoms with Crippen LogP contribution in [0.4, 0.5) is 5.69 Å². The Hall–Kier alpha value is -2.20. The summed E-state index contributed by atoms with van der Waals surface area (Å²) in [6.07, 6.45) is 6.73. The standard InChI is InChI=1S/C20H20Cl2N2O3S/c1-4-20(5-2,6-3)23-19(25)14-8-7-9-16(12-14)24-28(26,27)18-13-15(21)10-11-17(18)22/h1,7-13,24H,5-6H2,2-3H3,(H,23,25). The highest BCUT2D eigenvalue weighted by molar-refractivity contribution is 7.92. The van der Waals surface area contributed by atoms with Crippen molar-refractivity contribution in [3.05, 3.63) is 58.1 Å². The number of carbonyl (C=O) groups excluding carboxylic acids is 1. The number of anilines is 1. The normalized spacial score (nSPS) is 11.5. The van der Waals surface area contributed by atoms with Gasteiger partial charge in [-0.15, -0.1) is 6.42 Å². The maximum absolute atomic E-state index is 12.6. The lowest BCUT2D eigenvalue weighted by molar-refractivity contribution is 0.0916. The highest BCUT2D eigenvalue weighted by atomic mass is 35.5. The molecule has 0 atom stereocenters. The van der Waals surface area contributed by atoms with E-state index in [-0.39, 0.29) is 32.1 Å². The van der Waals surface area contributed by atoms with E-state index in [1.807, 2.05) is 13.8 Å². The first-order chi connectivity index (χ1) is 13.2. The summed E-state index contributed by atoms with van der Waals surface area (Å²) < 4.78 is 27.7. The Kier molecular flexibility index (Phi) is 7.00. The zero-order valence-electron chi connectivity index (χ0n) is 15.4. The first-order valence-electron chi connectivity index (χ1n) is 8.54. The van der Waals surface area contributed by atoms with Gasteiger partial charge in [0, 0.05) is 16.3 Å². The van der Waals surface area contributed by atoms with Gasteiger partial charge in [-0.1, -0.05) is 49.0 Å². The molecule has 0 aliphatic rings. The SMILES string of the molecule is C#CC(CC)(CC)NC(=O)c1cccc(NS(=O)(=O)c2cc(Cl)ccc2Cl)c1. The summed E-state index contributed by atoms with van der Waals surface area (Å²) in [5.74, 6) is 2.25. The molecule has 0 heterocycles. The van der Waals surface area contributed by atoms with Crippen LogP contribution in [0.2, 0.25) is 10.0 Å². The molecule has 148 valence electrons. The molecular weight excluding hydrogens is 419 g/mol. The largest absolute Gasteiger partial charge is 0.336 e. The van der Waals surface area contributed by atoms with E-state index in [0.29, 0.717) is 12.8 Å². The Morgan fingerprint density at radius 3 is 2.43 bits per heavy atom. The van der Waals surface area contributed by atoms with Gasteiger partial charge in [0.05, 0.1) is 5.02 Å². The number of hydrogen-bond donors (Lipinski definition) is 2. The molecule has 0 fully saturated rings. The predicted octanol–water partition coefficient (Wildman–Crippen LogP) is 4.72. The number of amides is 1. The van der Waals surface area contributed by atoms with Gasteiger partial charge in [0.25, 0.3) is 15.9 Å². The minimum atomic E-state index is -3.99. The monoisotopic (exact) mass is 438 g/mol. The summed E-state index contributed by atoms with van der Waals surface area (Å²) in [6, 6.07) is 10.3. The molecule has 0 saturated carbocycles. The molecule has 0 aliphatic carbocycles. The second-order valence-electron chi connectivity index (χ2n) is 6.15. The third kappa shape index (κ3) is 4.99. The van der Waals surface area contributed by atoms with Gasteiger partial charge >= 0.3 is 0 Å². The summed E-state index contributed by atoms with van der Waals surface area (Å²) >= 11 is 11.9. The number of benzene rings is 2. The molecule has 0 aliphatic heterocycles. The number of halogens is 2. The number of carbonyl (C=O) groups is 1. The molecule has 8 heteroatoms. The lowest BCUT2D eigenvalue weighted by Gasteiger charge is -2.27. The van der Waals surface area contributed by atoms with Crippen LogP contribution < -0.4 is 10.0 Å². The molecule has 2 aromatic carbocycles. The maximum atomic E-state index is 12.6. The Morgan fingerprint density at radius 1 is 1.14 bits per heavy atom. The summed E-state index contributed by atoms with van der Waals surface area (Å²) in [7, 11) is -3.99. The predicted molar refractivity (Wildman–Crippen MR) is 113 cm³/mol. The Balaban J connectivity index is 2.29. The van der Waals surface area contributed by atoms with Gasteiger partial charge in [-0.05, 0) is 49.2 Å². The maximum Gasteiger partial charge on any atom is 0.263 e. The number of hydrogen-bond acceptors (Lipinski definition) is 3. The molecule has 5 nitrogen and oxygen atoms in total. The molecular formula is C20H20Cl2N2O3S. The van der Waals surface area contributed by atoms with Gasteiger partial charge in [0.15, 0.2) is 0 Å². The van der Waals surface area contributed by atoms with Gasteiger partial charge < -0.3 is 5.32 Å². The molecule has 28 heavy (non-hydrogen) atoms. The second kappa shape index (κ2) is 8.87. The average Bonchev–Trinajstić information content (AvgIpc) is 2.67. The van der Waals surface area contributed by atoms with E-state index in [2.05, 4.69) is 16.0 Å². The molecule has 0 unspecified atom stereocenters. The van der Waals surface area contributed by atoms with Crippen LogP contribution in [0.3, 0.4) is 0 Å². The van der Waals surface area contributed by atoms with Crippen molar-refractivity contribution in [2.24, 2.45) is 0 Å². The van der Waals surface area contributed by atoms with E-state index in [1.54, 1.807) is 12.1 Å². The van der Waals surface area contributed by atoms with Crippen LogP contribution in [0.25, 0.3) is 0 Å². The fourth-order valence-corrected chi connectivity index (χ4v) is 4.39. The minimum Gasteiger partial charge on any atom is -0.336 e.